The first-order chi connectivity index (χ1) is 9.60. The van der Waals surface area contributed by atoms with E-state index in [0.29, 0.717) is 5.56 Å². The number of carbonyl (C=O) groups is 1. The van der Waals surface area contributed by atoms with Crippen LogP contribution in [0.1, 0.15) is 12.0 Å². The van der Waals surface area contributed by atoms with Gasteiger partial charge in [0.05, 0.1) is 12.5 Å². The molecule has 1 amide bonds. The zero-order valence-corrected chi connectivity index (χ0v) is 11.4. The molecule has 0 radical (unpaired) electrons. The molecule has 1 aromatic rings. The molecule has 0 aliphatic carbocycles. The zero-order chi connectivity index (χ0) is 16.2. The van der Waals surface area contributed by atoms with Gasteiger partial charge in [-0.25, -0.2) is 0 Å². The van der Waals surface area contributed by atoms with Gasteiger partial charge in [-0.1, -0.05) is 6.07 Å². The molecule has 5 nitrogen and oxygen atoms in total. The average Bonchev–Trinajstić information content (AvgIpc) is 2.38. The van der Waals surface area contributed by atoms with Crippen LogP contribution in [0.3, 0.4) is 0 Å². The molecule has 0 saturated heterocycles. The molecule has 4 N–H and O–H groups in total. The molecule has 1 atom stereocenters. The highest BCUT2D eigenvalue weighted by Crippen LogP contribution is 2.25. The molecular formula is C13H17F3N2O3. The van der Waals surface area contributed by atoms with E-state index < -0.39 is 31.1 Å². The fraction of sp³-hybridized carbons (Fsp3) is 0.462. The van der Waals surface area contributed by atoms with E-state index in [9.17, 15) is 23.1 Å². The Bertz CT molecular complexity index is 506. The number of halogens is 3. The first-order valence-corrected chi connectivity index (χ1v) is 6.18. The Morgan fingerprint density at radius 1 is 1.33 bits per heavy atom. The molecule has 0 aromatic heterocycles. The predicted molar refractivity (Wildman–Crippen MR) is 69.8 cm³/mol. The molecule has 0 fully saturated rings. The number of rotatable bonds is 5. The second kappa shape index (κ2) is 6.66. The average molecular weight is 306 g/mol. The van der Waals surface area contributed by atoms with Crippen LogP contribution in [-0.4, -0.2) is 46.8 Å². The Kier molecular flexibility index (Phi) is 5.42. The van der Waals surface area contributed by atoms with Gasteiger partial charge < -0.3 is 20.8 Å². The van der Waals surface area contributed by atoms with Crippen LogP contribution < -0.4 is 5.73 Å². The van der Waals surface area contributed by atoms with Crippen molar-refractivity contribution in [3.05, 3.63) is 23.8 Å². The summed E-state index contributed by atoms with van der Waals surface area (Å²) >= 11 is 0. The fourth-order valence-corrected chi connectivity index (χ4v) is 1.72. The first kappa shape index (κ1) is 17.1. The molecule has 0 aliphatic heterocycles. The van der Waals surface area contributed by atoms with Crippen molar-refractivity contribution in [1.82, 2.24) is 4.90 Å². The van der Waals surface area contributed by atoms with Crippen LogP contribution in [0.4, 0.5) is 13.2 Å². The van der Waals surface area contributed by atoms with E-state index in [2.05, 4.69) is 0 Å². The third kappa shape index (κ3) is 5.50. The fourth-order valence-electron chi connectivity index (χ4n) is 1.72. The summed E-state index contributed by atoms with van der Waals surface area (Å²) in [5, 5.41) is 18.5. The van der Waals surface area contributed by atoms with Gasteiger partial charge in [0.1, 0.15) is 0 Å². The Labute approximate surface area is 119 Å². The Morgan fingerprint density at radius 3 is 2.48 bits per heavy atom. The molecule has 8 heteroatoms. The van der Waals surface area contributed by atoms with Crippen LogP contribution in [0.5, 0.6) is 11.5 Å². The third-order valence-corrected chi connectivity index (χ3v) is 2.92. The van der Waals surface area contributed by atoms with E-state index in [1.54, 1.807) is 0 Å². The van der Waals surface area contributed by atoms with Gasteiger partial charge in [-0.3, -0.25) is 4.79 Å². The summed E-state index contributed by atoms with van der Waals surface area (Å²) in [5.74, 6) is -1.27. The minimum atomic E-state index is -4.33. The van der Waals surface area contributed by atoms with Crippen molar-refractivity contribution in [2.24, 2.45) is 5.73 Å². The lowest BCUT2D eigenvalue weighted by atomic mass is 10.0. The van der Waals surface area contributed by atoms with Gasteiger partial charge in [-0.2, -0.15) is 13.2 Å². The topological polar surface area (TPSA) is 86.8 Å². The van der Waals surface area contributed by atoms with Crippen LogP contribution in [-0.2, 0) is 11.2 Å². The van der Waals surface area contributed by atoms with E-state index in [4.69, 9.17) is 10.8 Å². The lowest BCUT2D eigenvalue weighted by Gasteiger charge is -2.22. The Balaban J connectivity index is 2.59. The maximum atomic E-state index is 12.1. The number of benzene rings is 1. The highest BCUT2D eigenvalue weighted by Gasteiger charge is 2.29. The lowest BCUT2D eigenvalue weighted by molar-refractivity contribution is -0.144. The molecule has 0 aliphatic rings. The number of amides is 1. The Hall–Kier alpha value is -1.96. The number of carbonyl (C=O) groups excluding carboxylic acids is 1. The number of hydrogen-bond acceptors (Lipinski definition) is 4. The predicted octanol–water partition coefficient (Wildman–Crippen LogP) is 1.38. The van der Waals surface area contributed by atoms with E-state index in [-0.39, 0.29) is 17.9 Å². The summed E-state index contributed by atoms with van der Waals surface area (Å²) in [7, 11) is 1.25. The molecule has 0 unspecified atom stereocenters. The van der Waals surface area contributed by atoms with Crippen molar-refractivity contribution in [1.29, 1.82) is 0 Å². The largest absolute Gasteiger partial charge is 0.504 e. The van der Waals surface area contributed by atoms with E-state index in [1.807, 2.05) is 0 Å². The molecule has 0 bridgehead atoms. The van der Waals surface area contributed by atoms with Crippen LogP contribution in [0.2, 0.25) is 0 Å². The van der Waals surface area contributed by atoms with Crippen LogP contribution in [0.25, 0.3) is 0 Å². The molecule has 21 heavy (non-hydrogen) atoms. The van der Waals surface area contributed by atoms with Gasteiger partial charge >= 0.3 is 6.18 Å². The lowest BCUT2D eigenvalue weighted by Crippen LogP contribution is -2.44. The van der Waals surface area contributed by atoms with E-state index in [0.717, 1.165) is 4.90 Å². The van der Waals surface area contributed by atoms with Gasteiger partial charge in [-0.15, -0.1) is 0 Å². The number of likely N-dealkylation sites (N-methyl/N-ethyl adjacent to an activating group) is 1. The van der Waals surface area contributed by atoms with Crippen molar-refractivity contribution in [2.45, 2.75) is 25.1 Å². The molecule has 0 saturated carbocycles. The summed E-state index contributed by atoms with van der Waals surface area (Å²) in [6.45, 7) is -0.461. The van der Waals surface area contributed by atoms with Crippen molar-refractivity contribution < 1.29 is 28.2 Å². The molecule has 0 heterocycles. The molecular weight excluding hydrogens is 289 g/mol. The van der Waals surface area contributed by atoms with E-state index in [1.165, 1.54) is 25.2 Å². The summed E-state index contributed by atoms with van der Waals surface area (Å²) < 4.78 is 36.3. The summed E-state index contributed by atoms with van der Waals surface area (Å²) in [4.78, 5) is 12.8. The smallest absolute Gasteiger partial charge is 0.390 e. The van der Waals surface area contributed by atoms with Crippen molar-refractivity contribution in [2.75, 3.05) is 13.6 Å². The third-order valence-electron chi connectivity index (χ3n) is 2.92. The van der Waals surface area contributed by atoms with Gasteiger partial charge in [-0.05, 0) is 24.1 Å². The minimum absolute atomic E-state index is 0.0447. The normalized spacial score (nSPS) is 13.0. The van der Waals surface area contributed by atoms with E-state index >= 15 is 0 Å². The van der Waals surface area contributed by atoms with Crippen molar-refractivity contribution in [3.63, 3.8) is 0 Å². The zero-order valence-electron chi connectivity index (χ0n) is 11.4. The minimum Gasteiger partial charge on any atom is -0.504 e. The van der Waals surface area contributed by atoms with Crippen LogP contribution in [0.15, 0.2) is 18.2 Å². The molecule has 1 aromatic carbocycles. The number of phenolic OH excluding ortho intramolecular Hbond substituents is 2. The van der Waals surface area contributed by atoms with Crippen molar-refractivity contribution >= 4 is 5.91 Å². The number of alkyl halides is 3. The highest BCUT2D eigenvalue weighted by molar-refractivity contribution is 5.81. The maximum absolute atomic E-state index is 12.1. The summed E-state index contributed by atoms with van der Waals surface area (Å²) in [6.07, 6.45) is -5.38. The maximum Gasteiger partial charge on any atom is 0.390 e. The highest BCUT2D eigenvalue weighted by atomic mass is 19.4. The van der Waals surface area contributed by atoms with Crippen LogP contribution >= 0.6 is 0 Å². The van der Waals surface area contributed by atoms with Gasteiger partial charge in [0.25, 0.3) is 0 Å². The van der Waals surface area contributed by atoms with Gasteiger partial charge in [0.2, 0.25) is 5.91 Å². The second-order valence-corrected chi connectivity index (χ2v) is 4.76. The summed E-state index contributed by atoms with van der Waals surface area (Å²) in [6, 6.07) is 2.94. The van der Waals surface area contributed by atoms with Gasteiger partial charge in [0, 0.05) is 13.6 Å². The first-order valence-electron chi connectivity index (χ1n) is 6.18. The molecule has 118 valence electrons. The number of nitrogens with zero attached hydrogens (tertiary/aromatic N) is 1. The monoisotopic (exact) mass is 306 g/mol. The molecule has 1 rings (SSSR count). The van der Waals surface area contributed by atoms with Gasteiger partial charge in [0.15, 0.2) is 11.5 Å². The Morgan fingerprint density at radius 2 is 1.95 bits per heavy atom. The standard InChI is InChI=1S/C13H17F3N2O3/c1-18(5-4-13(14,15)16)12(21)9(17)6-8-2-3-10(19)11(20)7-8/h2-3,7,9,19-20H,4-6,17H2,1H3/t9-/m0/s1. The SMILES string of the molecule is CN(CCC(F)(F)F)C(=O)[C@@H](N)Cc1ccc(O)c(O)c1. The quantitative estimate of drug-likeness (QED) is 0.717. The number of phenols is 2. The summed E-state index contributed by atoms with van der Waals surface area (Å²) in [5.41, 5.74) is 6.16. The molecule has 0 spiro atoms. The van der Waals surface area contributed by atoms with Crippen molar-refractivity contribution in [3.8, 4) is 11.5 Å². The number of hydrogen-bond donors (Lipinski definition) is 3. The number of aromatic hydroxyl groups is 2. The second-order valence-electron chi connectivity index (χ2n) is 4.76. The van der Waals surface area contributed by atoms with Crippen LogP contribution in [0, 0.1) is 0 Å². The number of nitrogens with two attached hydrogens (primary N) is 1.